The lowest BCUT2D eigenvalue weighted by Crippen LogP contribution is -2.26. The number of carbonyl (C=O) groups is 1. The largest absolute Gasteiger partial charge is 0.480 e. The number of aliphatic carboxylic acids is 1. The lowest BCUT2D eigenvalue weighted by atomic mass is 10.2. The number of rotatable bonds is 6. The quantitative estimate of drug-likeness (QED) is 0.661. The highest BCUT2D eigenvalue weighted by Crippen LogP contribution is 2.33. The van der Waals surface area contributed by atoms with Crippen molar-refractivity contribution in [1.82, 2.24) is 9.78 Å². The molecule has 1 N–H and O–H groups in total. The van der Waals surface area contributed by atoms with Crippen molar-refractivity contribution in [3.8, 4) is 0 Å². The zero-order chi connectivity index (χ0) is 20.3. The van der Waals surface area contributed by atoms with Crippen LogP contribution < -0.4 is 0 Å². The van der Waals surface area contributed by atoms with Crippen molar-refractivity contribution in [2.24, 2.45) is 0 Å². The van der Waals surface area contributed by atoms with Gasteiger partial charge in [0, 0.05) is 17.2 Å². The summed E-state index contributed by atoms with van der Waals surface area (Å²) in [5, 5.41) is 13.6. The Kier molecular flexibility index (Phi) is 6.25. The second kappa shape index (κ2) is 8.49. The van der Waals surface area contributed by atoms with Crippen LogP contribution in [0, 0.1) is 6.92 Å². The Labute approximate surface area is 168 Å². The second-order valence-electron chi connectivity index (χ2n) is 7.42. The molecule has 0 bridgehead atoms. The third-order valence-corrected chi connectivity index (χ3v) is 5.85. The zero-order valence-corrected chi connectivity index (χ0v) is 17.1. The van der Waals surface area contributed by atoms with Gasteiger partial charge in [0.15, 0.2) is 5.83 Å². The first-order valence-corrected chi connectivity index (χ1v) is 10.2. The number of carboxylic acid groups (broad SMARTS) is 1. The maximum atomic E-state index is 14.7. The van der Waals surface area contributed by atoms with Crippen molar-refractivity contribution >= 4 is 29.6 Å². The fraction of sp³-hybridized carbons (Fsp3) is 0.429. The molecule has 150 valence electrons. The Morgan fingerprint density at radius 3 is 2.68 bits per heavy atom. The van der Waals surface area contributed by atoms with Crippen LogP contribution in [0.1, 0.15) is 56.3 Å². The number of nitrogens with zero attached hydrogens (tertiary/aromatic N) is 2. The smallest absolute Gasteiger partial charge is 0.319 e. The average Bonchev–Trinajstić information content (AvgIpc) is 3.05. The topological polar surface area (TPSA) is 64.3 Å². The van der Waals surface area contributed by atoms with Crippen LogP contribution in [-0.4, -0.2) is 32.2 Å². The van der Waals surface area contributed by atoms with E-state index in [-0.39, 0.29) is 11.9 Å². The zero-order valence-electron chi connectivity index (χ0n) is 16.3. The predicted octanol–water partition coefficient (Wildman–Crippen LogP) is 5.31. The van der Waals surface area contributed by atoms with Crippen LogP contribution in [0.2, 0.25) is 0 Å². The van der Waals surface area contributed by atoms with Crippen LogP contribution in [0.5, 0.6) is 0 Å². The summed E-state index contributed by atoms with van der Waals surface area (Å²) >= 11 is 1.26. The van der Waals surface area contributed by atoms with Crippen molar-refractivity contribution in [3.63, 3.8) is 0 Å². The van der Waals surface area contributed by atoms with Gasteiger partial charge in [0.2, 0.25) is 0 Å². The van der Waals surface area contributed by atoms with Crippen LogP contribution in [0.15, 0.2) is 35.2 Å². The van der Waals surface area contributed by atoms with E-state index in [1.165, 1.54) is 17.8 Å². The van der Waals surface area contributed by atoms with E-state index in [0.717, 1.165) is 29.9 Å². The number of hydrogen-bond donors (Lipinski definition) is 1. The highest BCUT2D eigenvalue weighted by atomic mass is 32.2. The number of thioether (sulfide) groups is 1. The Hall–Kier alpha value is -2.12. The summed E-state index contributed by atoms with van der Waals surface area (Å²) < 4.78 is 21.3. The van der Waals surface area contributed by atoms with Gasteiger partial charge >= 0.3 is 5.97 Å². The fourth-order valence-corrected chi connectivity index (χ4v) is 3.95. The van der Waals surface area contributed by atoms with Crippen LogP contribution in [0.3, 0.4) is 0 Å². The van der Waals surface area contributed by atoms with Gasteiger partial charge in [-0.1, -0.05) is 12.1 Å². The number of carboxylic acids is 1. The maximum absolute atomic E-state index is 14.7. The summed E-state index contributed by atoms with van der Waals surface area (Å²) in [5.74, 6) is -1.29. The first-order chi connectivity index (χ1) is 13.3. The van der Waals surface area contributed by atoms with Gasteiger partial charge in [0.05, 0.1) is 0 Å². The van der Waals surface area contributed by atoms with E-state index in [9.17, 15) is 14.3 Å². The standard InChI is InChI=1S/C21H25FN2O3S/c1-14-12-18(23-24(14)19-6-4-5-11-27-19)17(22)13-15-7-9-16(10-8-15)28-21(2,3)20(25)26/h7-10,12-13,19H,4-6,11H2,1-3H3,(H,25,26). The van der Waals surface area contributed by atoms with Gasteiger partial charge in [-0.25, -0.2) is 9.07 Å². The van der Waals surface area contributed by atoms with Crippen LogP contribution in [-0.2, 0) is 9.53 Å². The van der Waals surface area contributed by atoms with Crippen LogP contribution in [0.25, 0.3) is 11.9 Å². The van der Waals surface area contributed by atoms with Crippen molar-refractivity contribution < 1.29 is 19.0 Å². The molecule has 28 heavy (non-hydrogen) atoms. The van der Waals surface area contributed by atoms with E-state index in [2.05, 4.69) is 5.10 Å². The number of aryl methyl sites for hydroxylation is 1. The molecule has 0 radical (unpaired) electrons. The fourth-order valence-electron chi connectivity index (χ4n) is 3.00. The molecule has 1 aliphatic heterocycles. The number of aromatic nitrogens is 2. The predicted molar refractivity (Wildman–Crippen MR) is 109 cm³/mol. The third kappa shape index (κ3) is 4.83. The van der Waals surface area contributed by atoms with E-state index in [1.807, 2.05) is 6.92 Å². The monoisotopic (exact) mass is 404 g/mol. The number of halogens is 1. The molecule has 1 aliphatic rings. The van der Waals surface area contributed by atoms with E-state index in [1.54, 1.807) is 48.9 Å². The summed E-state index contributed by atoms with van der Waals surface area (Å²) in [4.78, 5) is 12.1. The minimum absolute atomic E-state index is 0.121. The summed E-state index contributed by atoms with van der Waals surface area (Å²) in [5.41, 5.74) is 1.85. The molecule has 5 nitrogen and oxygen atoms in total. The summed E-state index contributed by atoms with van der Waals surface area (Å²) in [6.07, 6.45) is 4.34. The first kappa shape index (κ1) is 20.6. The molecule has 1 saturated heterocycles. The molecular formula is C21H25FN2O3S. The van der Waals surface area contributed by atoms with Crippen LogP contribution >= 0.6 is 11.8 Å². The molecule has 0 spiro atoms. The maximum Gasteiger partial charge on any atom is 0.319 e. The van der Waals surface area contributed by atoms with Gasteiger partial charge in [-0.05, 0) is 69.9 Å². The van der Waals surface area contributed by atoms with Crippen molar-refractivity contribution in [2.75, 3.05) is 6.61 Å². The molecule has 2 aromatic rings. The minimum atomic E-state index is -0.922. The summed E-state index contributed by atoms with van der Waals surface area (Å²) in [6, 6.07) is 8.87. The van der Waals surface area contributed by atoms with Gasteiger partial charge in [-0.2, -0.15) is 5.10 Å². The molecule has 1 fully saturated rings. The average molecular weight is 405 g/mol. The Balaban J connectivity index is 1.74. The normalized spacial score (nSPS) is 18.3. The van der Waals surface area contributed by atoms with E-state index in [4.69, 9.17) is 4.74 Å². The molecule has 1 aromatic heterocycles. The number of ether oxygens (including phenoxy) is 1. The molecule has 1 unspecified atom stereocenters. The Bertz CT molecular complexity index is 868. The molecule has 3 rings (SSSR count). The molecule has 0 saturated carbocycles. The highest BCUT2D eigenvalue weighted by Gasteiger charge is 2.28. The molecule has 1 atom stereocenters. The number of benzene rings is 1. The van der Waals surface area contributed by atoms with E-state index < -0.39 is 16.5 Å². The Morgan fingerprint density at radius 2 is 2.07 bits per heavy atom. The SMILES string of the molecule is Cc1cc(C(F)=Cc2ccc(SC(C)(C)C(=O)O)cc2)nn1C1CCCCO1. The first-order valence-electron chi connectivity index (χ1n) is 9.34. The highest BCUT2D eigenvalue weighted by molar-refractivity contribution is 8.01. The molecule has 7 heteroatoms. The Morgan fingerprint density at radius 1 is 1.36 bits per heavy atom. The number of hydrogen-bond acceptors (Lipinski definition) is 4. The van der Waals surface area contributed by atoms with Gasteiger partial charge < -0.3 is 9.84 Å². The van der Waals surface area contributed by atoms with E-state index in [0.29, 0.717) is 12.2 Å². The molecule has 2 heterocycles. The van der Waals surface area contributed by atoms with Gasteiger partial charge in [-0.15, -0.1) is 11.8 Å². The lowest BCUT2D eigenvalue weighted by Gasteiger charge is -2.23. The second-order valence-corrected chi connectivity index (χ2v) is 9.11. The van der Waals surface area contributed by atoms with Gasteiger partial charge in [0.1, 0.15) is 16.7 Å². The summed E-state index contributed by atoms with van der Waals surface area (Å²) in [6.45, 7) is 5.92. The third-order valence-electron chi connectivity index (χ3n) is 4.66. The van der Waals surface area contributed by atoms with Crippen molar-refractivity contribution in [2.45, 2.75) is 55.9 Å². The molecule has 0 amide bonds. The lowest BCUT2D eigenvalue weighted by molar-refractivity contribution is -0.138. The summed E-state index contributed by atoms with van der Waals surface area (Å²) in [7, 11) is 0. The van der Waals surface area contributed by atoms with Gasteiger partial charge in [0.25, 0.3) is 0 Å². The minimum Gasteiger partial charge on any atom is -0.480 e. The van der Waals surface area contributed by atoms with E-state index >= 15 is 0 Å². The van der Waals surface area contributed by atoms with Crippen LogP contribution in [0.4, 0.5) is 4.39 Å². The van der Waals surface area contributed by atoms with Crippen molar-refractivity contribution in [3.05, 3.63) is 47.3 Å². The molecule has 1 aromatic carbocycles. The van der Waals surface area contributed by atoms with Crippen molar-refractivity contribution in [1.29, 1.82) is 0 Å². The molecular weight excluding hydrogens is 379 g/mol. The molecule has 0 aliphatic carbocycles. The van der Waals surface area contributed by atoms with Gasteiger partial charge in [-0.3, -0.25) is 4.79 Å².